The first kappa shape index (κ1) is 15.2. The number of aliphatic hydroxyl groups excluding tert-OH is 1. The highest BCUT2D eigenvalue weighted by molar-refractivity contribution is 8.15. The van der Waals surface area contributed by atoms with Crippen molar-refractivity contribution in [1.29, 1.82) is 0 Å². The maximum Gasteiger partial charge on any atom is 0.339 e. The van der Waals surface area contributed by atoms with Crippen LogP contribution in [-0.4, -0.2) is 43.6 Å². The van der Waals surface area contributed by atoms with Gasteiger partial charge in [0.05, 0.1) is 0 Å². The number of thioether (sulfide) groups is 1. The van der Waals surface area contributed by atoms with Crippen molar-refractivity contribution >= 4 is 35.4 Å². The van der Waals surface area contributed by atoms with Gasteiger partial charge in [-0.15, -0.1) is 0 Å². The van der Waals surface area contributed by atoms with Crippen LogP contribution in [0.3, 0.4) is 0 Å². The van der Waals surface area contributed by atoms with Gasteiger partial charge in [0.2, 0.25) is 0 Å². The highest BCUT2D eigenvalue weighted by atomic mass is 32.2. The Hall–Kier alpha value is -1.18. The van der Waals surface area contributed by atoms with E-state index in [0.29, 0.717) is 17.2 Å². The van der Waals surface area contributed by atoms with Gasteiger partial charge in [0.25, 0.3) is 0 Å². The van der Waals surface area contributed by atoms with E-state index in [4.69, 9.17) is 0 Å². The average molecular weight is 312 g/mol. The monoisotopic (exact) mass is 312 g/mol. The van der Waals surface area contributed by atoms with Crippen LogP contribution < -0.4 is 0 Å². The van der Waals surface area contributed by atoms with E-state index < -0.39 is 17.6 Å². The molecular formula is C13H16N2O3S2. The number of hydrogen-bond donors (Lipinski definition) is 3. The van der Waals surface area contributed by atoms with Crippen LogP contribution in [0.5, 0.6) is 0 Å². The summed E-state index contributed by atoms with van der Waals surface area (Å²) in [7, 11) is 0. The lowest BCUT2D eigenvalue weighted by atomic mass is 10.1. The maximum atomic E-state index is 11.3. The predicted molar refractivity (Wildman–Crippen MR) is 83.0 cm³/mol. The maximum absolute atomic E-state index is 11.3. The Morgan fingerprint density at radius 3 is 2.85 bits per heavy atom. The number of carbonyl (C=O) groups is 1. The zero-order valence-corrected chi connectivity index (χ0v) is 12.6. The van der Waals surface area contributed by atoms with Crippen LogP contribution in [0, 0.1) is 6.92 Å². The lowest BCUT2D eigenvalue weighted by Crippen LogP contribution is -2.39. The molecule has 20 heavy (non-hydrogen) atoms. The molecule has 0 spiro atoms. The molecule has 0 radical (unpaired) electrons. The second-order valence-corrected chi connectivity index (χ2v) is 5.92. The molecule has 0 saturated heterocycles. The first-order chi connectivity index (χ1) is 9.54. The van der Waals surface area contributed by atoms with E-state index in [0.717, 1.165) is 22.9 Å². The SMILES string of the molecule is Cc1ccccc1C1=NN(C(O)CCS)C(C(=O)O)S1. The fourth-order valence-corrected chi connectivity index (χ4v) is 3.24. The van der Waals surface area contributed by atoms with E-state index in [1.165, 1.54) is 5.01 Å². The van der Waals surface area contributed by atoms with E-state index in [9.17, 15) is 15.0 Å². The summed E-state index contributed by atoms with van der Waals surface area (Å²) >= 11 is 5.19. The number of aliphatic hydroxyl groups is 1. The van der Waals surface area contributed by atoms with Crippen molar-refractivity contribution in [2.75, 3.05) is 5.75 Å². The Morgan fingerprint density at radius 2 is 2.25 bits per heavy atom. The molecule has 0 fully saturated rings. The average Bonchev–Trinajstić information content (AvgIpc) is 2.84. The number of benzene rings is 1. The van der Waals surface area contributed by atoms with Gasteiger partial charge >= 0.3 is 5.97 Å². The quantitative estimate of drug-likeness (QED) is 0.723. The number of carboxylic acids is 1. The summed E-state index contributed by atoms with van der Waals surface area (Å²) in [5, 5.41) is 24.5. The van der Waals surface area contributed by atoms with Crippen LogP contribution in [0.2, 0.25) is 0 Å². The minimum atomic E-state index is -1.01. The van der Waals surface area contributed by atoms with Gasteiger partial charge in [0.1, 0.15) is 11.3 Å². The molecule has 1 aliphatic heterocycles. The van der Waals surface area contributed by atoms with Crippen LogP contribution in [0.25, 0.3) is 0 Å². The van der Waals surface area contributed by atoms with E-state index in [1.54, 1.807) is 0 Å². The molecule has 1 aliphatic rings. The predicted octanol–water partition coefficient (Wildman–Crippen LogP) is 1.75. The van der Waals surface area contributed by atoms with E-state index in [1.807, 2.05) is 31.2 Å². The first-order valence-electron chi connectivity index (χ1n) is 6.16. The zero-order chi connectivity index (χ0) is 14.7. The van der Waals surface area contributed by atoms with E-state index in [-0.39, 0.29) is 0 Å². The number of hydrogen-bond acceptors (Lipinski definition) is 6. The second-order valence-electron chi connectivity index (χ2n) is 4.40. The van der Waals surface area contributed by atoms with Crippen LogP contribution in [0.15, 0.2) is 29.4 Å². The van der Waals surface area contributed by atoms with Gasteiger partial charge < -0.3 is 10.2 Å². The van der Waals surface area contributed by atoms with Crippen molar-refractivity contribution in [3.05, 3.63) is 35.4 Å². The van der Waals surface area contributed by atoms with E-state index in [2.05, 4.69) is 17.7 Å². The normalized spacial score (nSPS) is 19.9. The lowest BCUT2D eigenvalue weighted by Gasteiger charge is -2.24. The molecule has 0 aromatic heterocycles. The van der Waals surface area contributed by atoms with Crippen molar-refractivity contribution in [2.24, 2.45) is 5.10 Å². The van der Waals surface area contributed by atoms with Crippen LogP contribution in [0.1, 0.15) is 17.5 Å². The number of aliphatic carboxylic acids is 1. The Kier molecular flexibility index (Phi) is 4.95. The summed E-state index contributed by atoms with van der Waals surface area (Å²) in [6.07, 6.45) is -0.583. The minimum absolute atomic E-state index is 0.359. The molecule has 2 N–H and O–H groups in total. The van der Waals surface area contributed by atoms with Gasteiger partial charge in [-0.2, -0.15) is 17.7 Å². The molecule has 0 amide bonds. The Morgan fingerprint density at radius 1 is 1.55 bits per heavy atom. The Balaban J connectivity index is 2.30. The number of carboxylic acid groups (broad SMARTS) is 1. The third-order valence-corrected chi connectivity index (χ3v) is 4.37. The van der Waals surface area contributed by atoms with Gasteiger partial charge in [-0.25, -0.2) is 9.80 Å². The topological polar surface area (TPSA) is 73.1 Å². The Labute approximate surface area is 127 Å². The van der Waals surface area contributed by atoms with Gasteiger partial charge in [-0.3, -0.25) is 0 Å². The third kappa shape index (κ3) is 3.11. The molecule has 2 rings (SSSR count). The molecule has 108 valence electrons. The summed E-state index contributed by atoms with van der Waals surface area (Å²) in [5.41, 5.74) is 1.91. The summed E-state index contributed by atoms with van der Waals surface area (Å²) in [6, 6.07) is 7.64. The van der Waals surface area contributed by atoms with Crippen LogP contribution in [-0.2, 0) is 4.79 Å². The van der Waals surface area contributed by atoms with Gasteiger partial charge in [-0.05, 0) is 18.2 Å². The summed E-state index contributed by atoms with van der Waals surface area (Å²) in [5.74, 6) is -0.551. The molecule has 2 unspecified atom stereocenters. The molecular weight excluding hydrogens is 296 g/mol. The summed E-state index contributed by atoms with van der Waals surface area (Å²) in [4.78, 5) is 11.3. The lowest BCUT2D eigenvalue weighted by molar-refractivity contribution is -0.143. The molecule has 1 aromatic carbocycles. The number of aryl methyl sites for hydroxylation is 1. The number of thiol groups is 1. The summed E-state index contributed by atoms with van der Waals surface area (Å²) in [6.45, 7) is 1.95. The number of nitrogens with zero attached hydrogens (tertiary/aromatic N) is 2. The molecule has 1 heterocycles. The molecule has 1 aromatic rings. The molecule has 0 bridgehead atoms. The van der Waals surface area contributed by atoms with E-state index >= 15 is 0 Å². The van der Waals surface area contributed by atoms with Crippen molar-refractivity contribution in [1.82, 2.24) is 5.01 Å². The zero-order valence-electron chi connectivity index (χ0n) is 10.9. The Bertz CT molecular complexity index is 536. The molecule has 0 saturated carbocycles. The van der Waals surface area contributed by atoms with Gasteiger partial charge in [0, 0.05) is 12.0 Å². The second kappa shape index (κ2) is 6.51. The fourth-order valence-electron chi connectivity index (χ4n) is 1.91. The largest absolute Gasteiger partial charge is 0.479 e. The first-order valence-corrected chi connectivity index (χ1v) is 7.67. The molecule has 7 heteroatoms. The minimum Gasteiger partial charge on any atom is -0.479 e. The van der Waals surface area contributed by atoms with Crippen molar-refractivity contribution in [3.63, 3.8) is 0 Å². The van der Waals surface area contributed by atoms with Gasteiger partial charge in [0.15, 0.2) is 5.37 Å². The standard InChI is InChI=1S/C13H16N2O3S2/c1-8-4-2-3-5-9(8)11-14-15(10(16)6-7-19)12(20-11)13(17)18/h2-5,10,12,16,19H,6-7H2,1H3,(H,17,18). The van der Waals surface area contributed by atoms with Crippen molar-refractivity contribution in [2.45, 2.75) is 24.9 Å². The van der Waals surface area contributed by atoms with Crippen molar-refractivity contribution < 1.29 is 15.0 Å². The van der Waals surface area contributed by atoms with Crippen LogP contribution in [0.4, 0.5) is 0 Å². The molecule has 2 atom stereocenters. The third-order valence-electron chi connectivity index (χ3n) is 2.95. The highest BCUT2D eigenvalue weighted by Crippen LogP contribution is 2.32. The fraction of sp³-hybridized carbons (Fsp3) is 0.385. The smallest absolute Gasteiger partial charge is 0.339 e. The summed E-state index contributed by atoms with van der Waals surface area (Å²) < 4.78 is 0. The number of hydrazone groups is 1. The highest BCUT2D eigenvalue weighted by Gasteiger charge is 2.37. The van der Waals surface area contributed by atoms with Crippen molar-refractivity contribution in [3.8, 4) is 0 Å². The van der Waals surface area contributed by atoms with Gasteiger partial charge in [-0.1, -0.05) is 36.0 Å². The molecule has 5 nitrogen and oxygen atoms in total. The number of rotatable bonds is 5. The molecule has 0 aliphatic carbocycles. The van der Waals surface area contributed by atoms with Crippen LogP contribution >= 0.6 is 24.4 Å².